The van der Waals surface area contributed by atoms with Crippen LogP contribution in [0.4, 0.5) is 0 Å². The van der Waals surface area contributed by atoms with Crippen molar-refractivity contribution in [3.63, 3.8) is 0 Å². The maximum absolute atomic E-state index is 3.20. The Morgan fingerprint density at radius 1 is 0.700 bits per heavy atom. The molecule has 2 unspecified atom stereocenters. The summed E-state index contributed by atoms with van der Waals surface area (Å²) in [5.41, 5.74) is 9.51. The molecule has 0 nitrogen and oxygen atoms in total. The van der Waals surface area contributed by atoms with Gasteiger partial charge in [0.05, 0.1) is 0 Å². The summed E-state index contributed by atoms with van der Waals surface area (Å²) in [6.45, 7) is 7.05. The van der Waals surface area contributed by atoms with E-state index in [2.05, 4.69) is 90.7 Å². The Morgan fingerprint density at radius 2 is 1.07 bits per heavy atom. The molecule has 0 radical (unpaired) electrons. The summed E-state index contributed by atoms with van der Waals surface area (Å²) in [6, 6.07) is 18.5. The summed E-state index contributed by atoms with van der Waals surface area (Å²) in [6.07, 6.45) is 10.3. The number of hydrogen-bond acceptors (Lipinski definition) is 0. The number of allylic oxidation sites excluding steroid dienone is 4. The average molecular weight is 539 g/mol. The van der Waals surface area contributed by atoms with Crippen LogP contribution in [0.2, 0.25) is 9.26 Å². The van der Waals surface area contributed by atoms with Gasteiger partial charge in [0.15, 0.2) is 0 Å². The van der Waals surface area contributed by atoms with Crippen molar-refractivity contribution in [3.8, 4) is 0 Å². The second kappa shape index (κ2) is 9.62. The van der Waals surface area contributed by atoms with Crippen molar-refractivity contribution in [2.45, 2.75) is 56.0 Å². The molecule has 0 spiro atoms. The van der Waals surface area contributed by atoms with E-state index in [1.165, 1.54) is 36.8 Å². The van der Waals surface area contributed by atoms with Crippen molar-refractivity contribution in [2.24, 2.45) is 0 Å². The first-order chi connectivity index (χ1) is 13.4. The van der Waals surface area contributed by atoms with Crippen LogP contribution in [0.15, 0.2) is 60.7 Å². The number of benzene rings is 2. The molecule has 2 aliphatic carbocycles. The molecule has 162 valence electrons. The smallest absolute Gasteiger partial charge is 0.147 e. The van der Waals surface area contributed by atoms with E-state index in [1.54, 1.807) is 22.3 Å². The molecule has 0 aromatic heterocycles. The van der Waals surface area contributed by atoms with Crippen molar-refractivity contribution >= 4 is 42.8 Å². The second-order valence-electron chi connectivity index (χ2n) is 9.95. The van der Waals surface area contributed by atoms with E-state index in [0.717, 1.165) is 0 Å². The molecule has 4 heteroatoms. The van der Waals surface area contributed by atoms with E-state index < -0.39 is 17.4 Å². The summed E-state index contributed by atoms with van der Waals surface area (Å²) < 4.78 is 6.74. The summed E-state index contributed by atoms with van der Waals surface area (Å²) >= 11 is -3.20. The molecule has 2 aliphatic rings. The van der Waals surface area contributed by atoms with Crippen LogP contribution in [0.5, 0.6) is 0 Å². The van der Waals surface area contributed by atoms with Crippen LogP contribution in [-0.4, -0.2) is 6.88 Å². The van der Waals surface area contributed by atoms with Gasteiger partial charge in [-0.3, -0.25) is 0 Å². The molecule has 0 aliphatic heterocycles. The molecule has 0 N–H and O–H groups in total. The fraction of sp³-hybridized carbons (Fsp3) is 0.385. The topological polar surface area (TPSA) is 0 Å². The van der Waals surface area contributed by atoms with Crippen LogP contribution in [0.3, 0.4) is 0 Å². The molecule has 0 fully saturated rings. The van der Waals surface area contributed by atoms with Crippen LogP contribution in [-0.2, 0) is 17.4 Å². The Kier molecular flexibility index (Phi) is 8.29. The third-order valence-electron chi connectivity index (χ3n) is 7.10. The normalized spacial score (nSPS) is 19.8. The van der Waals surface area contributed by atoms with Crippen molar-refractivity contribution < 1.29 is 17.4 Å². The minimum atomic E-state index is -3.20. The standard InChI is InChI=1S/2C12H13.2CH3.2ClH.H2Si.Zr/c2*1-2-5-10-8-9-11-6-3-4-7-12(10)11;;;;;;/h2*3-4,6-9H,2,5H2,1H3;2*1H3;2*1H;1H2;. The van der Waals surface area contributed by atoms with E-state index >= 15 is 0 Å². The van der Waals surface area contributed by atoms with Crippen LogP contribution in [0.1, 0.15) is 69.0 Å². The summed E-state index contributed by atoms with van der Waals surface area (Å²) in [7, 11) is 0. The first-order valence-electron chi connectivity index (χ1n) is 11.0. The molecule has 2 atom stereocenters. The Morgan fingerprint density at radius 3 is 1.43 bits per heavy atom. The zero-order chi connectivity index (χ0) is 20.0. The first-order valence-corrected chi connectivity index (χ1v) is 24.7. The zero-order valence-corrected chi connectivity index (χ0v) is 24.3. The fourth-order valence-corrected chi connectivity index (χ4v) is 20.5. The van der Waals surface area contributed by atoms with E-state index in [-0.39, 0.29) is 24.8 Å². The number of fused-ring (bicyclic) bond motifs is 2. The predicted octanol–water partition coefficient (Wildman–Crippen LogP) is 8.04. The number of halogens is 2. The first kappa shape index (κ1) is 25.9. The van der Waals surface area contributed by atoms with E-state index in [0.29, 0.717) is 7.25 Å². The second-order valence-corrected chi connectivity index (χ2v) is 40.6. The quantitative estimate of drug-likeness (QED) is 0.327. The summed E-state index contributed by atoms with van der Waals surface area (Å²) in [5, 5.41) is 0. The largest absolute Gasteiger partial charge is 0.147 e. The van der Waals surface area contributed by atoms with Crippen LogP contribution < -0.4 is 0 Å². The average Bonchev–Trinajstić information content (AvgIpc) is 3.23. The van der Waals surface area contributed by atoms with E-state index in [9.17, 15) is 0 Å². The van der Waals surface area contributed by atoms with Crippen molar-refractivity contribution in [2.75, 3.05) is 0 Å². The summed E-state index contributed by atoms with van der Waals surface area (Å²) in [5.74, 6) is 0. The Balaban J connectivity index is 0.00000160. The van der Waals surface area contributed by atoms with Gasteiger partial charge in [0.25, 0.3) is 0 Å². The fourth-order valence-electron chi connectivity index (χ4n) is 5.62. The van der Waals surface area contributed by atoms with Gasteiger partial charge in [0.2, 0.25) is 0 Å². The third kappa shape index (κ3) is 4.27. The minimum Gasteiger partial charge on any atom is -0.147 e. The van der Waals surface area contributed by atoms with Crippen molar-refractivity contribution in [1.82, 2.24) is 0 Å². The van der Waals surface area contributed by atoms with Gasteiger partial charge in [-0.15, -0.1) is 24.8 Å². The molecular formula is C26H36Cl2SiZr. The van der Waals surface area contributed by atoms with Crippen LogP contribution in [0.25, 0.3) is 11.1 Å². The number of rotatable bonds is 6. The molecule has 30 heavy (non-hydrogen) atoms. The van der Waals surface area contributed by atoms with Gasteiger partial charge in [0.1, 0.15) is 0 Å². The van der Waals surface area contributed by atoms with E-state index in [4.69, 9.17) is 0 Å². The van der Waals surface area contributed by atoms with Gasteiger partial charge in [0, 0.05) is 0 Å². The van der Waals surface area contributed by atoms with Crippen LogP contribution >= 0.6 is 24.8 Å². The minimum absolute atomic E-state index is 0. The Hall–Kier alpha value is -0.400. The molecular weight excluding hydrogens is 503 g/mol. The van der Waals surface area contributed by atoms with Gasteiger partial charge >= 0.3 is 174 Å². The third-order valence-corrected chi connectivity index (χ3v) is 24.7. The van der Waals surface area contributed by atoms with Gasteiger partial charge in [-0.1, -0.05) is 0 Å². The van der Waals surface area contributed by atoms with Gasteiger partial charge in [-0.05, 0) is 0 Å². The van der Waals surface area contributed by atoms with Crippen molar-refractivity contribution in [3.05, 3.63) is 82.9 Å². The molecule has 2 aromatic rings. The molecule has 4 rings (SSSR count). The van der Waals surface area contributed by atoms with Crippen molar-refractivity contribution in [1.29, 1.82) is 0 Å². The van der Waals surface area contributed by atoms with Crippen LogP contribution in [0, 0.1) is 0 Å². The summed E-state index contributed by atoms with van der Waals surface area (Å²) in [4.78, 5) is 0. The predicted molar refractivity (Wildman–Crippen MR) is 139 cm³/mol. The molecule has 0 saturated carbocycles. The monoisotopic (exact) mass is 536 g/mol. The Bertz CT molecular complexity index is 967. The van der Waals surface area contributed by atoms with E-state index in [1.807, 2.05) is 0 Å². The maximum atomic E-state index is 2.72. The Labute approximate surface area is 197 Å². The van der Waals surface area contributed by atoms with Gasteiger partial charge in [-0.25, -0.2) is 0 Å². The SMILES string of the molecule is CCCC1=C[CH]([Zr]([CH3])([CH3])(=[SiH2])[CH]2C=C(CCC)c3ccccc32)c2ccccc21.Cl.Cl. The number of hydrogen-bond donors (Lipinski definition) is 0. The molecule has 0 heterocycles. The molecule has 2 aromatic carbocycles. The molecule has 0 amide bonds. The van der Waals surface area contributed by atoms with Gasteiger partial charge in [-0.2, -0.15) is 0 Å². The maximum Gasteiger partial charge on any atom is -0.147 e. The molecule has 0 saturated heterocycles. The molecule has 0 bridgehead atoms. The zero-order valence-electron chi connectivity index (χ0n) is 18.8. The van der Waals surface area contributed by atoms with Gasteiger partial charge < -0.3 is 0 Å².